The summed E-state index contributed by atoms with van der Waals surface area (Å²) < 4.78 is 5.09. The van der Waals surface area contributed by atoms with Crippen LogP contribution in [0, 0.1) is 0 Å². The molecule has 80 valence electrons. The van der Waals surface area contributed by atoms with E-state index in [-0.39, 0.29) is 0 Å². The maximum absolute atomic E-state index is 10.3. The van der Waals surface area contributed by atoms with Crippen LogP contribution in [-0.4, -0.2) is 13.4 Å². The van der Waals surface area contributed by atoms with Crippen molar-refractivity contribution in [1.29, 1.82) is 0 Å². The maximum atomic E-state index is 10.3. The van der Waals surface area contributed by atoms with E-state index < -0.39 is 0 Å². The van der Waals surface area contributed by atoms with Gasteiger partial charge in [0, 0.05) is 5.92 Å². The second kappa shape index (κ2) is 6.02. The lowest BCUT2D eigenvalue weighted by Gasteiger charge is -2.10. The van der Waals surface area contributed by atoms with Crippen molar-refractivity contribution < 1.29 is 9.53 Å². The molecule has 0 aliphatic heterocycles. The van der Waals surface area contributed by atoms with Crippen molar-refractivity contribution in [2.24, 2.45) is 0 Å². The molecule has 0 amide bonds. The third kappa shape index (κ3) is 3.24. The SMILES string of the molecule is CCC(/C=C/C=O)c1ccc(OC)cc1. The molecule has 0 saturated carbocycles. The van der Waals surface area contributed by atoms with Crippen LogP contribution in [0.5, 0.6) is 5.75 Å². The van der Waals surface area contributed by atoms with Crippen molar-refractivity contribution >= 4 is 6.29 Å². The van der Waals surface area contributed by atoms with E-state index in [2.05, 4.69) is 6.92 Å². The Morgan fingerprint density at radius 2 is 2.00 bits per heavy atom. The highest BCUT2D eigenvalue weighted by Gasteiger charge is 2.04. The summed E-state index contributed by atoms with van der Waals surface area (Å²) in [7, 11) is 1.65. The number of aldehydes is 1. The summed E-state index contributed by atoms with van der Waals surface area (Å²) in [6, 6.07) is 7.93. The van der Waals surface area contributed by atoms with Crippen LogP contribution in [0.2, 0.25) is 0 Å². The lowest BCUT2D eigenvalue weighted by molar-refractivity contribution is -0.104. The predicted molar refractivity (Wildman–Crippen MR) is 61.2 cm³/mol. The summed E-state index contributed by atoms with van der Waals surface area (Å²) >= 11 is 0. The van der Waals surface area contributed by atoms with E-state index in [1.54, 1.807) is 13.2 Å². The summed E-state index contributed by atoms with van der Waals surface area (Å²) in [5.41, 5.74) is 1.21. The monoisotopic (exact) mass is 204 g/mol. The third-order valence-electron chi connectivity index (χ3n) is 2.41. The van der Waals surface area contributed by atoms with Crippen LogP contribution in [0.4, 0.5) is 0 Å². The van der Waals surface area contributed by atoms with Gasteiger partial charge in [0.2, 0.25) is 0 Å². The zero-order valence-corrected chi connectivity index (χ0v) is 9.14. The van der Waals surface area contributed by atoms with E-state index in [4.69, 9.17) is 4.74 Å². The molecule has 0 bridgehead atoms. The molecule has 2 nitrogen and oxygen atoms in total. The third-order valence-corrected chi connectivity index (χ3v) is 2.41. The number of ether oxygens (including phenoxy) is 1. The Morgan fingerprint density at radius 3 is 2.47 bits per heavy atom. The first-order valence-electron chi connectivity index (χ1n) is 5.07. The topological polar surface area (TPSA) is 26.3 Å². The molecule has 0 aromatic heterocycles. The van der Waals surface area contributed by atoms with Crippen LogP contribution < -0.4 is 4.74 Å². The number of methoxy groups -OCH3 is 1. The van der Waals surface area contributed by atoms with Gasteiger partial charge in [0.1, 0.15) is 12.0 Å². The van der Waals surface area contributed by atoms with Crippen molar-refractivity contribution in [3.05, 3.63) is 42.0 Å². The number of rotatable bonds is 5. The molecule has 1 unspecified atom stereocenters. The van der Waals surface area contributed by atoms with E-state index in [0.29, 0.717) is 5.92 Å². The zero-order chi connectivity index (χ0) is 11.1. The van der Waals surface area contributed by atoms with Gasteiger partial charge in [0.15, 0.2) is 0 Å². The Bertz CT molecular complexity index is 325. The number of benzene rings is 1. The lowest BCUT2D eigenvalue weighted by atomic mass is 9.96. The van der Waals surface area contributed by atoms with Crippen molar-refractivity contribution in [3.8, 4) is 5.75 Å². The van der Waals surface area contributed by atoms with E-state index in [9.17, 15) is 4.79 Å². The maximum Gasteiger partial charge on any atom is 0.142 e. The average molecular weight is 204 g/mol. The van der Waals surface area contributed by atoms with Crippen LogP contribution >= 0.6 is 0 Å². The highest BCUT2D eigenvalue weighted by atomic mass is 16.5. The summed E-state index contributed by atoms with van der Waals surface area (Å²) in [5, 5.41) is 0. The van der Waals surface area contributed by atoms with E-state index >= 15 is 0 Å². The van der Waals surface area contributed by atoms with Gasteiger partial charge in [-0.2, -0.15) is 0 Å². The van der Waals surface area contributed by atoms with Gasteiger partial charge in [-0.05, 0) is 30.2 Å². The van der Waals surface area contributed by atoms with E-state index in [1.165, 1.54) is 5.56 Å². The Kier molecular flexibility index (Phi) is 4.61. The van der Waals surface area contributed by atoms with Crippen molar-refractivity contribution in [3.63, 3.8) is 0 Å². The normalized spacial score (nSPS) is 12.7. The second-order valence-corrected chi connectivity index (χ2v) is 3.31. The van der Waals surface area contributed by atoms with Crippen LogP contribution in [-0.2, 0) is 4.79 Å². The molecule has 1 rings (SSSR count). The molecule has 1 aromatic rings. The zero-order valence-electron chi connectivity index (χ0n) is 9.14. The molecule has 0 aliphatic carbocycles. The van der Waals surface area contributed by atoms with Gasteiger partial charge in [0.25, 0.3) is 0 Å². The van der Waals surface area contributed by atoms with Crippen LogP contribution in [0.1, 0.15) is 24.8 Å². The minimum atomic E-state index is 0.307. The number of carbonyl (C=O) groups excluding carboxylic acids is 1. The molecular weight excluding hydrogens is 188 g/mol. The highest BCUT2D eigenvalue weighted by molar-refractivity contribution is 5.65. The van der Waals surface area contributed by atoms with E-state index in [0.717, 1.165) is 18.5 Å². The minimum Gasteiger partial charge on any atom is -0.497 e. The Balaban J connectivity index is 2.82. The predicted octanol–water partition coefficient (Wildman–Crippen LogP) is 2.94. The Hall–Kier alpha value is -1.57. The fourth-order valence-corrected chi connectivity index (χ4v) is 1.51. The smallest absolute Gasteiger partial charge is 0.142 e. The summed E-state index contributed by atoms with van der Waals surface area (Å²) in [6.07, 6.45) is 5.27. The van der Waals surface area contributed by atoms with Crippen LogP contribution in [0.25, 0.3) is 0 Å². The number of hydrogen-bond donors (Lipinski definition) is 0. The summed E-state index contributed by atoms with van der Waals surface area (Å²) in [6.45, 7) is 2.10. The molecule has 0 aliphatic rings. The second-order valence-electron chi connectivity index (χ2n) is 3.31. The quantitative estimate of drug-likeness (QED) is 0.544. The first-order chi connectivity index (χ1) is 7.31. The van der Waals surface area contributed by atoms with Gasteiger partial charge in [-0.25, -0.2) is 0 Å². The Morgan fingerprint density at radius 1 is 1.33 bits per heavy atom. The summed E-state index contributed by atoms with van der Waals surface area (Å²) in [5.74, 6) is 1.16. The number of allylic oxidation sites excluding steroid dienone is 2. The van der Waals surface area contributed by atoms with Gasteiger partial charge >= 0.3 is 0 Å². The van der Waals surface area contributed by atoms with Crippen molar-refractivity contribution in [2.45, 2.75) is 19.3 Å². The van der Waals surface area contributed by atoms with Crippen molar-refractivity contribution in [1.82, 2.24) is 0 Å². The number of hydrogen-bond acceptors (Lipinski definition) is 2. The van der Waals surface area contributed by atoms with Gasteiger partial charge in [0.05, 0.1) is 7.11 Å². The fourth-order valence-electron chi connectivity index (χ4n) is 1.51. The molecule has 0 heterocycles. The molecule has 1 aromatic carbocycles. The Labute approximate surface area is 90.6 Å². The molecular formula is C13H16O2. The minimum absolute atomic E-state index is 0.307. The van der Waals surface area contributed by atoms with E-state index in [1.807, 2.05) is 30.3 Å². The number of carbonyl (C=O) groups is 1. The molecule has 0 N–H and O–H groups in total. The van der Waals surface area contributed by atoms with Gasteiger partial charge in [-0.1, -0.05) is 25.1 Å². The highest BCUT2D eigenvalue weighted by Crippen LogP contribution is 2.23. The van der Waals surface area contributed by atoms with Crippen LogP contribution in [0.15, 0.2) is 36.4 Å². The van der Waals surface area contributed by atoms with Crippen molar-refractivity contribution in [2.75, 3.05) is 7.11 Å². The molecule has 0 spiro atoms. The van der Waals surface area contributed by atoms with Gasteiger partial charge in [-0.15, -0.1) is 0 Å². The van der Waals surface area contributed by atoms with Gasteiger partial charge < -0.3 is 4.74 Å². The fraction of sp³-hybridized carbons (Fsp3) is 0.308. The first-order valence-corrected chi connectivity index (χ1v) is 5.07. The molecule has 15 heavy (non-hydrogen) atoms. The lowest BCUT2D eigenvalue weighted by Crippen LogP contribution is -1.93. The largest absolute Gasteiger partial charge is 0.497 e. The average Bonchev–Trinajstić information content (AvgIpc) is 2.31. The summed E-state index contributed by atoms with van der Waals surface area (Å²) in [4.78, 5) is 10.3. The van der Waals surface area contributed by atoms with Gasteiger partial charge in [-0.3, -0.25) is 4.79 Å². The van der Waals surface area contributed by atoms with Crippen LogP contribution in [0.3, 0.4) is 0 Å². The molecule has 0 saturated heterocycles. The molecule has 2 heteroatoms. The first kappa shape index (κ1) is 11.5. The molecule has 0 fully saturated rings. The molecule has 1 atom stereocenters. The standard InChI is InChI=1S/C13H16O2/c1-3-11(5-4-10-14)12-6-8-13(15-2)9-7-12/h4-11H,3H2,1-2H3/b5-4+. The molecule has 0 radical (unpaired) electrons.